The van der Waals surface area contributed by atoms with Crippen LogP contribution >= 0.6 is 66.7 Å². The van der Waals surface area contributed by atoms with Gasteiger partial charge in [0.05, 0.1) is 9.65 Å². The second-order valence-corrected chi connectivity index (χ2v) is 7.90. The van der Waals surface area contributed by atoms with Crippen molar-refractivity contribution in [2.75, 3.05) is 0 Å². The molecule has 2 nitrogen and oxygen atoms in total. The SMILES string of the molecule is O=C(C=C(O)C(Cl)(Cl)Cl)C(Br)C(Br)c1ccccc1. The van der Waals surface area contributed by atoms with E-state index in [1.807, 2.05) is 30.3 Å². The molecule has 0 spiro atoms. The van der Waals surface area contributed by atoms with Gasteiger partial charge in [0, 0.05) is 6.08 Å². The minimum Gasteiger partial charge on any atom is -0.508 e. The number of aliphatic hydroxyl groups is 1. The zero-order valence-electron chi connectivity index (χ0n) is 9.36. The Labute approximate surface area is 143 Å². The summed E-state index contributed by atoms with van der Waals surface area (Å²) in [5.41, 5.74) is 0.916. The lowest BCUT2D eigenvalue weighted by Gasteiger charge is -2.15. The molecule has 0 aliphatic rings. The Kier molecular flexibility index (Phi) is 6.67. The van der Waals surface area contributed by atoms with Crippen molar-refractivity contribution in [1.29, 1.82) is 0 Å². The lowest BCUT2D eigenvalue weighted by Crippen LogP contribution is -2.19. The van der Waals surface area contributed by atoms with Crippen LogP contribution in [0.1, 0.15) is 10.4 Å². The van der Waals surface area contributed by atoms with Gasteiger partial charge in [0.15, 0.2) is 5.78 Å². The van der Waals surface area contributed by atoms with E-state index in [0.717, 1.165) is 11.6 Å². The fraction of sp³-hybridized carbons (Fsp3) is 0.250. The Morgan fingerprint density at radius 1 is 1.21 bits per heavy atom. The predicted molar refractivity (Wildman–Crippen MR) is 86.8 cm³/mol. The van der Waals surface area contributed by atoms with Crippen LogP contribution in [0, 0.1) is 0 Å². The van der Waals surface area contributed by atoms with E-state index in [9.17, 15) is 9.90 Å². The second-order valence-electron chi connectivity index (χ2n) is 3.64. The molecule has 0 fully saturated rings. The van der Waals surface area contributed by atoms with Crippen LogP contribution in [0.15, 0.2) is 42.2 Å². The summed E-state index contributed by atoms with van der Waals surface area (Å²) in [5.74, 6) is -1.02. The van der Waals surface area contributed by atoms with Gasteiger partial charge in [-0.1, -0.05) is 97.0 Å². The first-order chi connectivity index (χ1) is 8.73. The second kappa shape index (κ2) is 7.32. The highest BCUT2D eigenvalue weighted by Gasteiger charge is 2.29. The van der Waals surface area contributed by atoms with Crippen LogP contribution in [-0.4, -0.2) is 19.5 Å². The molecule has 0 aliphatic heterocycles. The van der Waals surface area contributed by atoms with Crippen molar-refractivity contribution in [2.24, 2.45) is 0 Å². The fourth-order valence-electron chi connectivity index (χ4n) is 1.25. The van der Waals surface area contributed by atoms with Gasteiger partial charge in [0.1, 0.15) is 5.76 Å². The van der Waals surface area contributed by atoms with Gasteiger partial charge in [-0.2, -0.15) is 0 Å². The van der Waals surface area contributed by atoms with Crippen molar-refractivity contribution in [3.8, 4) is 0 Å². The molecule has 0 aromatic heterocycles. The van der Waals surface area contributed by atoms with E-state index in [4.69, 9.17) is 34.8 Å². The van der Waals surface area contributed by atoms with Crippen LogP contribution in [0.4, 0.5) is 0 Å². The number of rotatable bonds is 4. The third kappa shape index (κ3) is 5.27. The van der Waals surface area contributed by atoms with Crippen molar-refractivity contribution in [3.63, 3.8) is 0 Å². The molecule has 0 amide bonds. The van der Waals surface area contributed by atoms with E-state index in [0.29, 0.717) is 0 Å². The Morgan fingerprint density at radius 2 is 1.74 bits per heavy atom. The summed E-state index contributed by atoms with van der Waals surface area (Å²) >= 11 is 23.1. The molecular weight excluding hydrogens is 442 g/mol. The fourth-order valence-corrected chi connectivity index (χ4v) is 2.41. The van der Waals surface area contributed by atoms with E-state index in [1.54, 1.807) is 0 Å². The summed E-state index contributed by atoms with van der Waals surface area (Å²) in [6.07, 6.45) is 0.906. The first-order valence-electron chi connectivity index (χ1n) is 5.08. The molecule has 2 unspecified atom stereocenters. The molecule has 0 bridgehead atoms. The molecule has 2 atom stereocenters. The molecule has 0 saturated carbocycles. The lowest BCUT2D eigenvalue weighted by molar-refractivity contribution is -0.114. The van der Waals surface area contributed by atoms with Gasteiger partial charge in [0.25, 0.3) is 0 Å². The van der Waals surface area contributed by atoms with Gasteiger partial charge in [-0.3, -0.25) is 4.79 Å². The number of carbonyl (C=O) groups excluding carboxylic acids is 1. The Balaban J connectivity index is 2.84. The molecule has 1 rings (SSSR count). The van der Waals surface area contributed by atoms with Gasteiger partial charge < -0.3 is 5.11 Å². The molecule has 0 radical (unpaired) electrons. The quantitative estimate of drug-likeness (QED) is 0.385. The Morgan fingerprint density at radius 3 is 2.21 bits per heavy atom. The van der Waals surface area contributed by atoms with Crippen LogP contribution in [-0.2, 0) is 4.79 Å². The molecule has 1 aromatic rings. The molecule has 1 N–H and O–H groups in total. The van der Waals surface area contributed by atoms with E-state index >= 15 is 0 Å². The molecule has 104 valence electrons. The smallest absolute Gasteiger partial charge is 0.247 e. The summed E-state index contributed by atoms with van der Waals surface area (Å²) in [4.78, 5) is 11.1. The number of carbonyl (C=O) groups is 1. The number of alkyl halides is 5. The van der Waals surface area contributed by atoms with Gasteiger partial charge in [-0.25, -0.2) is 0 Å². The van der Waals surface area contributed by atoms with Gasteiger partial charge >= 0.3 is 0 Å². The summed E-state index contributed by atoms with van der Waals surface area (Å²) in [6.45, 7) is 0. The van der Waals surface area contributed by atoms with E-state index < -0.39 is 20.2 Å². The number of aliphatic hydroxyl groups excluding tert-OH is 1. The lowest BCUT2D eigenvalue weighted by atomic mass is 10.1. The summed E-state index contributed by atoms with van der Waals surface area (Å²) < 4.78 is -2.00. The molecule has 1 aromatic carbocycles. The minimum atomic E-state index is -2.00. The normalized spacial score (nSPS) is 15.9. The van der Waals surface area contributed by atoms with Crippen molar-refractivity contribution >= 4 is 72.4 Å². The third-order valence-electron chi connectivity index (χ3n) is 2.22. The summed E-state index contributed by atoms with van der Waals surface area (Å²) in [5, 5.41) is 9.47. The molecule has 0 heterocycles. The molecule has 0 saturated heterocycles. The van der Waals surface area contributed by atoms with Crippen LogP contribution in [0.2, 0.25) is 0 Å². The maximum absolute atomic E-state index is 11.9. The predicted octanol–water partition coefficient (Wildman–Crippen LogP) is 5.27. The van der Waals surface area contributed by atoms with E-state index in [1.165, 1.54) is 0 Å². The van der Waals surface area contributed by atoms with Crippen LogP contribution in [0.25, 0.3) is 0 Å². The molecule has 19 heavy (non-hydrogen) atoms. The maximum atomic E-state index is 11.9. The Hall–Kier alpha value is 0.260. The van der Waals surface area contributed by atoms with E-state index in [-0.39, 0.29) is 4.83 Å². The van der Waals surface area contributed by atoms with Crippen LogP contribution in [0.3, 0.4) is 0 Å². The summed E-state index contributed by atoms with van der Waals surface area (Å²) in [6, 6.07) is 9.35. The monoisotopic (exact) mass is 448 g/mol. The largest absolute Gasteiger partial charge is 0.508 e. The highest BCUT2D eigenvalue weighted by molar-refractivity contribution is 9.12. The number of hydrogen-bond acceptors (Lipinski definition) is 2. The van der Waals surface area contributed by atoms with Crippen molar-refractivity contribution in [2.45, 2.75) is 13.4 Å². The first-order valence-corrected chi connectivity index (χ1v) is 8.05. The van der Waals surface area contributed by atoms with Gasteiger partial charge in [-0.15, -0.1) is 0 Å². The number of allylic oxidation sites excluding steroid dienone is 2. The number of ketones is 1. The third-order valence-corrected chi connectivity index (χ3v) is 5.54. The molecule has 0 aliphatic carbocycles. The van der Waals surface area contributed by atoms with Gasteiger partial charge in [0.2, 0.25) is 3.79 Å². The summed E-state index contributed by atoms with van der Waals surface area (Å²) in [7, 11) is 0. The average molecular weight is 451 g/mol. The van der Waals surface area contributed by atoms with Crippen molar-refractivity contribution in [3.05, 3.63) is 47.7 Å². The topological polar surface area (TPSA) is 37.3 Å². The minimum absolute atomic E-state index is 0.263. The van der Waals surface area contributed by atoms with Crippen molar-refractivity contribution in [1.82, 2.24) is 0 Å². The first kappa shape index (κ1) is 17.3. The highest BCUT2D eigenvalue weighted by Crippen LogP contribution is 2.35. The standard InChI is InChI=1S/C12H9Br2Cl3O2/c13-10(7-4-2-1-3-5-7)11(14)8(18)6-9(19)12(15,16)17/h1-6,10-11,19H. The zero-order valence-corrected chi connectivity index (χ0v) is 14.8. The Bertz CT molecular complexity index is 472. The van der Waals surface area contributed by atoms with E-state index in [2.05, 4.69) is 31.9 Å². The number of halogens is 5. The highest BCUT2D eigenvalue weighted by atomic mass is 79.9. The number of benzene rings is 1. The molecule has 7 heteroatoms. The zero-order chi connectivity index (χ0) is 14.6. The molecular formula is C12H9Br2Cl3O2. The number of hydrogen-bond donors (Lipinski definition) is 1. The van der Waals surface area contributed by atoms with Crippen LogP contribution in [0.5, 0.6) is 0 Å². The maximum Gasteiger partial charge on any atom is 0.247 e. The van der Waals surface area contributed by atoms with Crippen LogP contribution < -0.4 is 0 Å². The van der Waals surface area contributed by atoms with Crippen molar-refractivity contribution < 1.29 is 9.90 Å². The average Bonchev–Trinajstić information content (AvgIpc) is 2.36. The van der Waals surface area contributed by atoms with Gasteiger partial charge in [-0.05, 0) is 5.56 Å².